The highest BCUT2D eigenvalue weighted by Crippen LogP contribution is 2.28. The number of hydrogen-bond donors (Lipinski definition) is 1. The van der Waals surface area contributed by atoms with Crippen molar-refractivity contribution in [3.8, 4) is 11.3 Å². The third kappa shape index (κ3) is 5.61. The monoisotopic (exact) mass is 419 g/mol. The van der Waals surface area contributed by atoms with Crippen LogP contribution in [0.5, 0.6) is 0 Å². The molecule has 1 amide bonds. The lowest BCUT2D eigenvalue weighted by Crippen LogP contribution is -2.44. The molecular formula is C18H24Cl3N3O2. The largest absolute Gasteiger partial charge is 0.441 e. The summed E-state index contributed by atoms with van der Waals surface area (Å²) >= 11 is 6.17. The van der Waals surface area contributed by atoms with Crippen molar-refractivity contribution in [1.29, 1.82) is 0 Å². The number of aromatic nitrogens is 1. The molecule has 1 N–H and O–H groups in total. The van der Waals surface area contributed by atoms with Gasteiger partial charge in [-0.15, -0.1) is 24.8 Å². The summed E-state index contributed by atoms with van der Waals surface area (Å²) in [4.78, 5) is 18.5. The first-order valence-electron chi connectivity index (χ1n) is 8.32. The predicted molar refractivity (Wildman–Crippen MR) is 108 cm³/mol. The van der Waals surface area contributed by atoms with Crippen LogP contribution in [-0.2, 0) is 11.2 Å². The first kappa shape index (κ1) is 22.8. The number of halogens is 3. The van der Waals surface area contributed by atoms with Gasteiger partial charge in [0, 0.05) is 37.5 Å². The number of likely N-dealkylation sites (tertiary alicyclic amines) is 1. The Morgan fingerprint density at radius 1 is 1.31 bits per heavy atom. The highest BCUT2D eigenvalue weighted by atomic mass is 35.5. The molecule has 0 radical (unpaired) electrons. The zero-order valence-electron chi connectivity index (χ0n) is 14.6. The standard InChI is InChI=1S/C18H22ClN3O2.2ClH/c1-20-13-8-10-22(11-9-13)18(23)7-6-17-21-12-16(24-17)14-4-2-3-5-15(14)19;;/h2-5,12-13,20H,6-11H2,1H3;2*1H. The normalized spacial score (nSPS) is 14.5. The Morgan fingerprint density at radius 2 is 2.00 bits per heavy atom. The number of benzene rings is 1. The molecule has 26 heavy (non-hydrogen) atoms. The number of rotatable bonds is 5. The second-order valence-corrected chi connectivity index (χ2v) is 6.45. The number of piperidine rings is 1. The van der Waals surface area contributed by atoms with Crippen LogP contribution in [0.3, 0.4) is 0 Å². The van der Waals surface area contributed by atoms with E-state index in [2.05, 4.69) is 10.3 Å². The van der Waals surface area contributed by atoms with Crippen LogP contribution in [-0.4, -0.2) is 42.0 Å². The minimum Gasteiger partial charge on any atom is -0.441 e. The van der Waals surface area contributed by atoms with Gasteiger partial charge in [-0.25, -0.2) is 4.98 Å². The summed E-state index contributed by atoms with van der Waals surface area (Å²) in [7, 11) is 1.97. The minimum absolute atomic E-state index is 0. The van der Waals surface area contributed by atoms with Gasteiger partial charge in [-0.05, 0) is 32.0 Å². The summed E-state index contributed by atoms with van der Waals surface area (Å²) in [6, 6.07) is 8.01. The van der Waals surface area contributed by atoms with Crippen molar-refractivity contribution in [3.63, 3.8) is 0 Å². The number of carbonyl (C=O) groups excluding carboxylic acids is 1. The fourth-order valence-electron chi connectivity index (χ4n) is 3.00. The molecule has 0 spiro atoms. The quantitative estimate of drug-likeness (QED) is 0.795. The lowest BCUT2D eigenvalue weighted by Gasteiger charge is -2.31. The zero-order valence-corrected chi connectivity index (χ0v) is 17.0. The molecule has 1 fully saturated rings. The van der Waals surface area contributed by atoms with Gasteiger partial charge in [0.1, 0.15) is 0 Å². The maximum absolute atomic E-state index is 12.3. The molecule has 5 nitrogen and oxygen atoms in total. The predicted octanol–water partition coefficient (Wildman–Crippen LogP) is 3.98. The maximum Gasteiger partial charge on any atom is 0.223 e. The van der Waals surface area contributed by atoms with Crippen LogP contribution in [0, 0.1) is 0 Å². The lowest BCUT2D eigenvalue weighted by molar-refractivity contribution is -0.132. The first-order chi connectivity index (χ1) is 11.7. The van der Waals surface area contributed by atoms with E-state index in [1.54, 1.807) is 6.20 Å². The highest BCUT2D eigenvalue weighted by Gasteiger charge is 2.22. The van der Waals surface area contributed by atoms with Crippen LogP contribution in [0.15, 0.2) is 34.9 Å². The topological polar surface area (TPSA) is 58.4 Å². The van der Waals surface area contributed by atoms with E-state index in [0.29, 0.717) is 35.6 Å². The molecule has 0 aliphatic carbocycles. The lowest BCUT2D eigenvalue weighted by atomic mass is 10.0. The molecule has 0 atom stereocenters. The van der Waals surface area contributed by atoms with Crippen molar-refractivity contribution in [2.24, 2.45) is 0 Å². The van der Waals surface area contributed by atoms with E-state index in [9.17, 15) is 4.79 Å². The fraction of sp³-hybridized carbons (Fsp3) is 0.444. The second-order valence-electron chi connectivity index (χ2n) is 6.04. The van der Waals surface area contributed by atoms with Crippen LogP contribution < -0.4 is 5.32 Å². The Hall–Kier alpha value is -1.27. The number of nitrogens with zero attached hydrogens (tertiary/aromatic N) is 2. The zero-order chi connectivity index (χ0) is 16.9. The van der Waals surface area contributed by atoms with Crippen LogP contribution >= 0.6 is 36.4 Å². The molecule has 1 aliphatic rings. The van der Waals surface area contributed by atoms with E-state index >= 15 is 0 Å². The molecule has 1 saturated heterocycles. The van der Waals surface area contributed by atoms with Gasteiger partial charge < -0.3 is 14.6 Å². The molecule has 144 valence electrons. The molecule has 8 heteroatoms. The fourth-order valence-corrected chi connectivity index (χ4v) is 3.23. The van der Waals surface area contributed by atoms with Crippen molar-refractivity contribution in [1.82, 2.24) is 15.2 Å². The van der Waals surface area contributed by atoms with Gasteiger partial charge in [-0.2, -0.15) is 0 Å². The summed E-state index contributed by atoms with van der Waals surface area (Å²) in [5.74, 6) is 1.38. The van der Waals surface area contributed by atoms with Gasteiger partial charge in [-0.1, -0.05) is 23.7 Å². The second kappa shape index (κ2) is 10.8. The molecule has 1 aliphatic heterocycles. The molecule has 3 rings (SSSR count). The number of aryl methyl sites for hydroxylation is 1. The SMILES string of the molecule is CNC1CCN(C(=O)CCc2ncc(-c3ccccc3Cl)o2)CC1.Cl.Cl. The van der Waals surface area contributed by atoms with Crippen LogP contribution in [0.2, 0.25) is 5.02 Å². The van der Waals surface area contributed by atoms with Crippen molar-refractivity contribution < 1.29 is 9.21 Å². The summed E-state index contributed by atoms with van der Waals surface area (Å²) in [5, 5.41) is 3.90. The molecule has 1 aromatic carbocycles. The number of nitrogens with one attached hydrogen (secondary N) is 1. The first-order valence-corrected chi connectivity index (χ1v) is 8.70. The average Bonchev–Trinajstić information content (AvgIpc) is 3.09. The van der Waals surface area contributed by atoms with Crippen molar-refractivity contribution in [2.75, 3.05) is 20.1 Å². The van der Waals surface area contributed by atoms with Crippen LogP contribution in [0.4, 0.5) is 0 Å². The summed E-state index contributed by atoms with van der Waals surface area (Å²) in [6.45, 7) is 1.64. The highest BCUT2D eigenvalue weighted by molar-refractivity contribution is 6.33. The van der Waals surface area contributed by atoms with E-state index in [1.807, 2.05) is 36.2 Å². The van der Waals surface area contributed by atoms with E-state index in [4.69, 9.17) is 16.0 Å². The van der Waals surface area contributed by atoms with Gasteiger partial charge in [0.25, 0.3) is 0 Å². The Morgan fingerprint density at radius 3 is 2.65 bits per heavy atom. The van der Waals surface area contributed by atoms with E-state index in [1.165, 1.54) is 0 Å². The molecule has 2 aromatic rings. The maximum atomic E-state index is 12.3. The van der Waals surface area contributed by atoms with E-state index in [0.717, 1.165) is 31.5 Å². The third-order valence-corrected chi connectivity index (χ3v) is 4.83. The Kier molecular flexibility index (Phi) is 9.44. The summed E-state index contributed by atoms with van der Waals surface area (Å²) < 4.78 is 5.75. The number of oxazole rings is 1. The van der Waals surface area contributed by atoms with Crippen molar-refractivity contribution in [3.05, 3.63) is 41.4 Å². The van der Waals surface area contributed by atoms with Gasteiger partial charge in [-0.3, -0.25) is 4.79 Å². The minimum atomic E-state index is 0. The van der Waals surface area contributed by atoms with E-state index < -0.39 is 0 Å². The van der Waals surface area contributed by atoms with E-state index in [-0.39, 0.29) is 30.7 Å². The van der Waals surface area contributed by atoms with Gasteiger partial charge >= 0.3 is 0 Å². The Balaban J connectivity index is 0.00000169. The molecule has 0 saturated carbocycles. The molecule has 2 heterocycles. The molecule has 0 bridgehead atoms. The van der Waals surface area contributed by atoms with Crippen LogP contribution in [0.1, 0.15) is 25.2 Å². The smallest absolute Gasteiger partial charge is 0.223 e. The number of hydrogen-bond acceptors (Lipinski definition) is 4. The van der Waals surface area contributed by atoms with Gasteiger partial charge in [0.2, 0.25) is 5.91 Å². The summed E-state index contributed by atoms with van der Waals surface area (Å²) in [6.07, 6.45) is 4.62. The van der Waals surface area contributed by atoms with Crippen LogP contribution in [0.25, 0.3) is 11.3 Å². The van der Waals surface area contributed by atoms with Crippen molar-refractivity contribution in [2.45, 2.75) is 31.7 Å². The third-order valence-electron chi connectivity index (χ3n) is 4.50. The molecule has 0 unspecified atom stereocenters. The number of amides is 1. The molecular weight excluding hydrogens is 397 g/mol. The average molecular weight is 421 g/mol. The van der Waals surface area contributed by atoms with Gasteiger partial charge in [0.15, 0.2) is 11.7 Å². The van der Waals surface area contributed by atoms with Crippen molar-refractivity contribution >= 4 is 42.3 Å². The Labute approximate surface area is 171 Å². The van der Waals surface area contributed by atoms with Gasteiger partial charge in [0.05, 0.1) is 11.2 Å². The Bertz CT molecular complexity index is 700. The summed E-state index contributed by atoms with van der Waals surface area (Å²) in [5.41, 5.74) is 0.818. The number of carbonyl (C=O) groups is 1. The molecule has 1 aromatic heterocycles.